The molecule has 0 bridgehead atoms. The molecule has 3 N–H and O–H groups in total. The summed E-state index contributed by atoms with van der Waals surface area (Å²) in [5.41, 5.74) is 6.35. The van der Waals surface area contributed by atoms with Gasteiger partial charge in [0.1, 0.15) is 5.82 Å². The number of nitrogens with two attached hydrogens (primary N) is 1. The number of benzene rings is 1. The molecule has 1 aromatic rings. The molecule has 1 rings (SSSR count). The second-order valence-corrected chi connectivity index (χ2v) is 4.62. The Balaban J connectivity index is 2.22. The van der Waals surface area contributed by atoms with Gasteiger partial charge in [0, 0.05) is 13.0 Å². The van der Waals surface area contributed by atoms with Gasteiger partial charge in [-0.05, 0) is 43.0 Å². The van der Waals surface area contributed by atoms with Crippen molar-refractivity contribution in [2.75, 3.05) is 6.54 Å². The van der Waals surface area contributed by atoms with E-state index < -0.39 is 0 Å². The zero-order valence-electron chi connectivity index (χ0n) is 10.8. The Hall–Kier alpha value is -1.42. The molecule has 1 atom stereocenters. The minimum Gasteiger partial charge on any atom is -0.352 e. The van der Waals surface area contributed by atoms with E-state index in [9.17, 15) is 9.18 Å². The van der Waals surface area contributed by atoms with Crippen LogP contribution in [0.4, 0.5) is 4.39 Å². The summed E-state index contributed by atoms with van der Waals surface area (Å²) in [6.45, 7) is 3.21. The fraction of sp³-hybridized carbons (Fsp3) is 0.500. The highest BCUT2D eigenvalue weighted by Gasteiger charge is 2.06. The van der Waals surface area contributed by atoms with E-state index in [0.29, 0.717) is 25.4 Å². The minimum atomic E-state index is -0.263. The molecule has 0 saturated carbocycles. The van der Waals surface area contributed by atoms with Crippen LogP contribution in [-0.4, -0.2) is 12.5 Å². The Bertz CT molecular complexity index is 365. The highest BCUT2D eigenvalue weighted by atomic mass is 19.1. The van der Waals surface area contributed by atoms with E-state index in [0.717, 1.165) is 18.4 Å². The molecule has 0 fully saturated rings. The maximum absolute atomic E-state index is 12.7. The molecule has 18 heavy (non-hydrogen) atoms. The highest BCUT2D eigenvalue weighted by Crippen LogP contribution is 2.09. The van der Waals surface area contributed by atoms with Crippen LogP contribution in [0.5, 0.6) is 0 Å². The summed E-state index contributed by atoms with van der Waals surface area (Å²) in [5.74, 6) is 0.246. The van der Waals surface area contributed by atoms with E-state index in [1.165, 1.54) is 12.1 Å². The number of carbonyl (C=O) groups excluding carboxylic acids is 1. The molecule has 0 aromatic heterocycles. The molecule has 3 nitrogen and oxygen atoms in total. The fourth-order valence-electron chi connectivity index (χ4n) is 1.70. The molecule has 0 saturated heterocycles. The molecule has 4 heteroatoms. The lowest BCUT2D eigenvalue weighted by Crippen LogP contribution is -2.23. The molecular formula is C14H21FN2O. The number of halogens is 1. The van der Waals surface area contributed by atoms with Gasteiger partial charge in [0.05, 0.1) is 0 Å². The summed E-state index contributed by atoms with van der Waals surface area (Å²) in [4.78, 5) is 11.6. The molecule has 0 radical (unpaired) electrons. The smallest absolute Gasteiger partial charge is 0.220 e. The van der Waals surface area contributed by atoms with Crippen LogP contribution in [0.3, 0.4) is 0 Å². The molecule has 1 unspecified atom stereocenters. The third-order valence-electron chi connectivity index (χ3n) is 2.93. The first kappa shape index (κ1) is 14.6. The SMILES string of the molecule is CC(CCN)CCC(=O)NCc1ccc(F)cc1. The average Bonchev–Trinajstić information content (AvgIpc) is 2.36. The van der Waals surface area contributed by atoms with Gasteiger partial charge in [0.2, 0.25) is 5.91 Å². The van der Waals surface area contributed by atoms with E-state index in [1.54, 1.807) is 12.1 Å². The number of amides is 1. The van der Waals surface area contributed by atoms with Crippen molar-refractivity contribution in [2.45, 2.75) is 32.7 Å². The molecule has 0 aliphatic heterocycles. The average molecular weight is 252 g/mol. The van der Waals surface area contributed by atoms with Crippen molar-refractivity contribution < 1.29 is 9.18 Å². The second-order valence-electron chi connectivity index (χ2n) is 4.62. The Morgan fingerprint density at radius 2 is 2.00 bits per heavy atom. The van der Waals surface area contributed by atoms with Crippen LogP contribution >= 0.6 is 0 Å². The van der Waals surface area contributed by atoms with E-state index in [-0.39, 0.29) is 11.7 Å². The summed E-state index contributed by atoms with van der Waals surface area (Å²) >= 11 is 0. The summed E-state index contributed by atoms with van der Waals surface area (Å²) in [5, 5.41) is 2.82. The van der Waals surface area contributed by atoms with Gasteiger partial charge in [-0.2, -0.15) is 0 Å². The van der Waals surface area contributed by atoms with Gasteiger partial charge in [-0.15, -0.1) is 0 Å². The van der Waals surface area contributed by atoms with Crippen molar-refractivity contribution in [1.82, 2.24) is 5.32 Å². The normalized spacial score (nSPS) is 12.2. The lowest BCUT2D eigenvalue weighted by atomic mass is 10.0. The van der Waals surface area contributed by atoms with Crippen LogP contribution in [0.1, 0.15) is 31.7 Å². The monoisotopic (exact) mass is 252 g/mol. The van der Waals surface area contributed by atoms with E-state index in [4.69, 9.17) is 5.73 Å². The van der Waals surface area contributed by atoms with Crippen molar-refractivity contribution in [3.8, 4) is 0 Å². The van der Waals surface area contributed by atoms with Crippen LogP contribution in [0.2, 0.25) is 0 Å². The van der Waals surface area contributed by atoms with Gasteiger partial charge in [-0.3, -0.25) is 4.79 Å². The van der Waals surface area contributed by atoms with Gasteiger partial charge >= 0.3 is 0 Å². The summed E-state index contributed by atoms with van der Waals surface area (Å²) in [6, 6.07) is 6.13. The molecule has 0 spiro atoms. The quantitative estimate of drug-likeness (QED) is 0.781. The zero-order chi connectivity index (χ0) is 13.4. The standard InChI is InChI=1S/C14H21FN2O/c1-11(8-9-16)2-7-14(18)17-10-12-3-5-13(15)6-4-12/h3-6,11H,2,7-10,16H2,1H3,(H,17,18). The highest BCUT2D eigenvalue weighted by molar-refractivity contribution is 5.75. The Morgan fingerprint density at radius 1 is 1.33 bits per heavy atom. The second kappa shape index (κ2) is 7.82. The predicted molar refractivity (Wildman–Crippen MR) is 70.3 cm³/mol. The number of carbonyl (C=O) groups is 1. The third-order valence-corrected chi connectivity index (χ3v) is 2.93. The first-order chi connectivity index (χ1) is 8.61. The van der Waals surface area contributed by atoms with Gasteiger partial charge < -0.3 is 11.1 Å². The molecule has 0 aliphatic carbocycles. The van der Waals surface area contributed by atoms with Crippen LogP contribution in [0.15, 0.2) is 24.3 Å². The van der Waals surface area contributed by atoms with Crippen LogP contribution in [0, 0.1) is 11.7 Å². The van der Waals surface area contributed by atoms with Gasteiger partial charge in [0.15, 0.2) is 0 Å². The van der Waals surface area contributed by atoms with Crippen LogP contribution in [-0.2, 0) is 11.3 Å². The molecule has 0 heterocycles. The maximum atomic E-state index is 12.7. The fourth-order valence-corrected chi connectivity index (χ4v) is 1.70. The topological polar surface area (TPSA) is 55.1 Å². The van der Waals surface area contributed by atoms with Crippen LogP contribution < -0.4 is 11.1 Å². The molecule has 1 amide bonds. The molecule has 100 valence electrons. The predicted octanol–water partition coefficient (Wildman–Crippen LogP) is 2.21. The van der Waals surface area contributed by atoms with Gasteiger partial charge in [-0.25, -0.2) is 4.39 Å². The third kappa shape index (κ3) is 5.77. The minimum absolute atomic E-state index is 0.0307. The number of rotatable bonds is 7. The summed E-state index contributed by atoms with van der Waals surface area (Å²) in [7, 11) is 0. The van der Waals surface area contributed by atoms with Gasteiger partial charge in [0.25, 0.3) is 0 Å². The van der Waals surface area contributed by atoms with Crippen molar-refractivity contribution in [2.24, 2.45) is 11.7 Å². The molecule has 0 aliphatic rings. The first-order valence-corrected chi connectivity index (χ1v) is 6.33. The van der Waals surface area contributed by atoms with Crippen LogP contribution in [0.25, 0.3) is 0 Å². The van der Waals surface area contributed by atoms with E-state index >= 15 is 0 Å². The zero-order valence-corrected chi connectivity index (χ0v) is 10.8. The number of hydrogen-bond acceptors (Lipinski definition) is 2. The number of hydrogen-bond donors (Lipinski definition) is 2. The first-order valence-electron chi connectivity index (χ1n) is 6.33. The number of nitrogens with one attached hydrogen (secondary N) is 1. The van der Waals surface area contributed by atoms with Crippen molar-refractivity contribution in [3.63, 3.8) is 0 Å². The van der Waals surface area contributed by atoms with E-state index in [1.807, 2.05) is 0 Å². The Kier molecular flexibility index (Phi) is 6.36. The lowest BCUT2D eigenvalue weighted by Gasteiger charge is -2.10. The Morgan fingerprint density at radius 3 is 2.61 bits per heavy atom. The van der Waals surface area contributed by atoms with Crippen molar-refractivity contribution in [1.29, 1.82) is 0 Å². The summed E-state index contributed by atoms with van der Waals surface area (Å²) in [6.07, 6.45) is 2.32. The summed E-state index contributed by atoms with van der Waals surface area (Å²) < 4.78 is 12.7. The van der Waals surface area contributed by atoms with E-state index in [2.05, 4.69) is 12.2 Å². The Labute approximate surface area is 108 Å². The largest absolute Gasteiger partial charge is 0.352 e. The molecular weight excluding hydrogens is 231 g/mol. The van der Waals surface area contributed by atoms with Crippen molar-refractivity contribution in [3.05, 3.63) is 35.6 Å². The molecule has 1 aromatic carbocycles. The van der Waals surface area contributed by atoms with Gasteiger partial charge in [-0.1, -0.05) is 19.1 Å². The maximum Gasteiger partial charge on any atom is 0.220 e. The lowest BCUT2D eigenvalue weighted by molar-refractivity contribution is -0.121. The van der Waals surface area contributed by atoms with Crippen molar-refractivity contribution >= 4 is 5.91 Å².